The quantitative estimate of drug-likeness (QED) is 0.554. The first-order valence-corrected chi connectivity index (χ1v) is 9.58. The molecule has 1 atom stereocenters. The maximum absolute atomic E-state index is 12.2. The van der Waals surface area contributed by atoms with Gasteiger partial charge in [-0.15, -0.1) is 0 Å². The smallest absolute Gasteiger partial charge is 0.306 e. The number of nitrogens with one attached hydrogen (secondary N) is 2. The van der Waals surface area contributed by atoms with E-state index in [1.54, 1.807) is 49.6 Å². The predicted octanol–water partition coefficient (Wildman–Crippen LogP) is 2.82. The Morgan fingerprint density at radius 2 is 1.87 bits per heavy atom. The monoisotopic (exact) mass is 409 g/mol. The second-order valence-corrected chi connectivity index (χ2v) is 6.73. The van der Waals surface area contributed by atoms with Gasteiger partial charge in [0.2, 0.25) is 0 Å². The Balaban J connectivity index is 1.46. The second-order valence-electron chi connectivity index (χ2n) is 6.73. The van der Waals surface area contributed by atoms with E-state index >= 15 is 0 Å². The highest BCUT2D eigenvalue weighted by Gasteiger charge is 2.18. The highest BCUT2D eigenvalue weighted by atomic mass is 16.5. The predicted molar refractivity (Wildman–Crippen MR) is 112 cm³/mol. The van der Waals surface area contributed by atoms with Crippen molar-refractivity contribution in [1.82, 2.24) is 9.97 Å². The number of aromatic nitrogens is 2. The van der Waals surface area contributed by atoms with Crippen molar-refractivity contribution in [3.63, 3.8) is 0 Å². The van der Waals surface area contributed by atoms with Crippen LogP contribution in [0.25, 0.3) is 10.9 Å². The molecule has 8 nitrogen and oxygen atoms in total. The van der Waals surface area contributed by atoms with Crippen molar-refractivity contribution in [3.8, 4) is 5.75 Å². The normalized spacial score (nSPS) is 11.7. The van der Waals surface area contributed by atoms with E-state index in [-0.39, 0.29) is 12.0 Å². The average molecular weight is 409 g/mol. The van der Waals surface area contributed by atoms with Crippen LogP contribution >= 0.6 is 0 Å². The van der Waals surface area contributed by atoms with Crippen molar-refractivity contribution in [2.75, 3.05) is 12.4 Å². The second kappa shape index (κ2) is 9.69. The molecule has 0 unspecified atom stereocenters. The minimum Gasteiger partial charge on any atom is -0.497 e. The summed E-state index contributed by atoms with van der Waals surface area (Å²) in [5, 5.41) is 3.21. The summed E-state index contributed by atoms with van der Waals surface area (Å²) in [6.45, 7) is 1.51. The van der Waals surface area contributed by atoms with Crippen LogP contribution in [0.3, 0.4) is 0 Å². The molecule has 0 aliphatic heterocycles. The number of anilines is 1. The molecule has 8 heteroatoms. The largest absolute Gasteiger partial charge is 0.497 e. The van der Waals surface area contributed by atoms with Crippen molar-refractivity contribution >= 4 is 28.5 Å². The van der Waals surface area contributed by atoms with Crippen molar-refractivity contribution in [3.05, 3.63) is 64.7 Å². The first-order valence-electron chi connectivity index (χ1n) is 9.58. The minimum atomic E-state index is -0.932. The Kier molecular flexibility index (Phi) is 6.79. The highest BCUT2D eigenvalue weighted by Crippen LogP contribution is 2.15. The molecule has 1 heterocycles. The number of hydrogen-bond donors (Lipinski definition) is 2. The Morgan fingerprint density at radius 1 is 1.13 bits per heavy atom. The maximum Gasteiger partial charge on any atom is 0.306 e. The maximum atomic E-state index is 12.2. The first-order chi connectivity index (χ1) is 14.5. The molecule has 156 valence electrons. The molecule has 0 aliphatic carbocycles. The van der Waals surface area contributed by atoms with E-state index in [1.807, 2.05) is 6.07 Å². The number of esters is 1. The highest BCUT2D eigenvalue weighted by molar-refractivity contribution is 5.95. The van der Waals surface area contributed by atoms with Crippen molar-refractivity contribution < 1.29 is 19.1 Å². The van der Waals surface area contributed by atoms with Gasteiger partial charge in [0.1, 0.15) is 11.6 Å². The molecule has 0 radical (unpaired) electrons. The summed E-state index contributed by atoms with van der Waals surface area (Å²) in [5.41, 5.74) is 0.986. The fourth-order valence-electron chi connectivity index (χ4n) is 2.88. The molecule has 0 aliphatic rings. The molecule has 0 fully saturated rings. The van der Waals surface area contributed by atoms with E-state index in [1.165, 1.54) is 6.92 Å². The van der Waals surface area contributed by atoms with E-state index in [4.69, 9.17) is 9.47 Å². The number of ether oxygens (including phenoxy) is 2. The van der Waals surface area contributed by atoms with E-state index in [0.717, 1.165) is 0 Å². The zero-order chi connectivity index (χ0) is 21.5. The van der Waals surface area contributed by atoms with Gasteiger partial charge >= 0.3 is 5.97 Å². The van der Waals surface area contributed by atoms with Gasteiger partial charge in [0.15, 0.2) is 6.10 Å². The SMILES string of the molecule is COc1ccc(NC(=O)[C@H](C)OC(=O)CCCc2nc3ccccc3c(=O)[nH]2)cc1. The first kappa shape index (κ1) is 21.0. The van der Waals surface area contributed by atoms with Gasteiger partial charge in [-0.05, 0) is 49.7 Å². The summed E-state index contributed by atoms with van der Waals surface area (Å²) >= 11 is 0. The molecule has 2 N–H and O–H groups in total. The molecule has 0 spiro atoms. The van der Waals surface area contributed by atoms with Gasteiger partial charge in [0.05, 0.1) is 18.0 Å². The zero-order valence-corrected chi connectivity index (χ0v) is 16.8. The van der Waals surface area contributed by atoms with Crippen LogP contribution in [0.2, 0.25) is 0 Å². The number of amides is 1. The summed E-state index contributed by atoms with van der Waals surface area (Å²) in [7, 11) is 1.56. The van der Waals surface area contributed by atoms with Gasteiger partial charge < -0.3 is 19.8 Å². The van der Waals surface area contributed by atoms with Crippen LogP contribution in [0.4, 0.5) is 5.69 Å². The Hall–Kier alpha value is -3.68. The lowest BCUT2D eigenvalue weighted by atomic mass is 10.2. The minimum absolute atomic E-state index is 0.108. The summed E-state index contributed by atoms with van der Waals surface area (Å²) in [4.78, 5) is 43.4. The molecule has 0 saturated heterocycles. The van der Waals surface area contributed by atoms with Crippen LogP contribution in [0.1, 0.15) is 25.6 Å². The molecular weight excluding hydrogens is 386 g/mol. The van der Waals surface area contributed by atoms with E-state index in [9.17, 15) is 14.4 Å². The molecule has 1 aromatic heterocycles. The fourth-order valence-corrected chi connectivity index (χ4v) is 2.88. The lowest BCUT2D eigenvalue weighted by molar-refractivity contribution is -0.153. The number of aryl methyl sites for hydroxylation is 1. The summed E-state index contributed by atoms with van der Waals surface area (Å²) in [6.07, 6.45) is 0.0313. The molecular formula is C22H23N3O5. The van der Waals surface area contributed by atoms with Gasteiger partial charge in [-0.3, -0.25) is 14.4 Å². The van der Waals surface area contributed by atoms with Crippen LogP contribution in [0.5, 0.6) is 5.75 Å². The number of fused-ring (bicyclic) bond motifs is 1. The molecule has 2 aromatic carbocycles. The van der Waals surface area contributed by atoms with Crippen molar-refractivity contribution in [1.29, 1.82) is 0 Å². The molecule has 3 rings (SSSR count). The standard InChI is InChI=1S/C22H23N3O5/c1-14(21(27)23-15-10-12-16(29-2)13-11-15)30-20(26)9-5-8-19-24-18-7-4-3-6-17(18)22(28)25-19/h3-4,6-7,10-14H,5,8-9H2,1-2H3,(H,23,27)(H,24,25,28)/t14-/m0/s1. The summed E-state index contributed by atoms with van der Waals surface area (Å²) < 4.78 is 10.3. The molecule has 1 amide bonds. The van der Waals surface area contributed by atoms with E-state index in [0.29, 0.717) is 41.0 Å². The van der Waals surface area contributed by atoms with Gasteiger partial charge in [-0.25, -0.2) is 4.98 Å². The van der Waals surface area contributed by atoms with Gasteiger partial charge in [-0.2, -0.15) is 0 Å². The van der Waals surface area contributed by atoms with Crippen LogP contribution in [-0.4, -0.2) is 35.1 Å². The number of carbonyl (C=O) groups is 2. The number of benzene rings is 2. The summed E-state index contributed by atoms with van der Waals surface area (Å²) in [5.74, 6) is 0.274. The zero-order valence-electron chi connectivity index (χ0n) is 16.8. The third kappa shape index (κ3) is 5.44. The Bertz CT molecular complexity index is 1090. The number of aromatic amines is 1. The van der Waals surface area contributed by atoms with Gasteiger partial charge in [0.25, 0.3) is 11.5 Å². The van der Waals surface area contributed by atoms with E-state index < -0.39 is 18.0 Å². The van der Waals surface area contributed by atoms with E-state index in [2.05, 4.69) is 15.3 Å². The molecule has 0 bridgehead atoms. The number of para-hydroxylation sites is 1. The number of H-pyrrole nitrogens is 1. The van der Waals surface area contributed by atoms with Crippen LogP contribution in [0, 0.1) is 0 Å². The Labute approximate surface area is 173 Å². The van der Waals surface area contributed by atoms with Crippen LogP contribution in [0.15, 0.2) is 53.3 Å². The lowest BCUT2D eigenvalue weighted by Crippen LogP contribution is -2.29. The number of rotatable bonds is 8. The van der Waals surface area contributed by atoms with Crippen LogP contribution < -0.4 is 15.6 Å². The number of methoxy groups -OCH3 is 1. The fraction of sp³-hybridized carbons (Fsp3) is 0.273. The third-order valence-electron chi connectivity index (χ3n) is 4.49. The van der Waals surface area contributed by atoms with Crippen molar-refractivity contribution in [2.45, 2.75) is 32.3 Å². The topological polar surface area (TPSA) is 110 Å². The molecule has 0 saturated carbocycles. The third-order valence-corrected chi connectivity index (χ3v) is 4.49. The summed E-state index contributed by atoms with van der Waals surface area (Å²) in [6, 6.07) is 13.9. The number of carbonyl (C=O) groups excluding carboxylic acids is 2. The molecule has 30 heavy (non-hydrogen) atoms. The number of hydrogen-bond acceptors (Lipinski definition) is 6. The van der Waals surface area contributed by atoms with Crippen LogP contribution in [-0.2, 0) is 20.7 Å². The Morgan fingerprint density at radius 3 is 2.60 bits per heavy atom. The number of nitrogens with zero attached hydrogens (tertiary/aromatic N) is 1. The van der Waals surface area contributed by atoms with Gasteiger partial charge in [0, 0.05) is 18.5 Å². The lowest BCUT2D eigenvalue weighted by Gasteiger charge is -2.13. The van der Waals surface area contributed by atoms with Crippen molar-refractivity contribution in [2.24, 2.45) is 0 Å². The molecule has 3 aromatic rings. The average Bonchev–Trinajstić information content (AvgIpc) is 2.74. The van der Waals surface area contributed by atoms with Gasteiger partial charge in [-0.1, -0.05) is 12.1 Å².